The highest BCUT2D eigenvalue weighted by Gasteiger charge is 2.19. The van der Waals surface area contributed by atoms with E-state index in [4.69, 9.17) is 0 Å². The molecule has 2 aromatic rings. The first-order chi connectivity index (χ1) is 9.54. The fraction of sp³-hybridized carbons (Fsp3) is 0.188. The molecule has 0 atom stereocenters. The van der Waals surface area contributed by atoms with Crippen molar-refractivity contribution in [3.8, 4) is 0 Å². The third kappa shape index (κ3) is 3.13. The average molecular weight is 397 g/mol. The molecule has 0 aliphatic carbocycles. The van der Waals surface area contributed by atoms with E-state index in [9.17, 15) is 4.79 Å². The van der Waals surface area contributed by atoms with Crippen LogP contribution >= 0.6 is 31.9 Å². The topological polar surface area (TPSA) is 20.3 Å². The van der Waals surface area contributed by atoms with Crippen LogP contribution in [0.2, 0.25) is 0 Å². The zero-order chi connectivity index (χ0) is 14.7. The molecule has 0 unspecified atom stereocenters. The van der Waals surface area contributed by atoms with Crippen molar-refractivity contribution in [3.05, 3.63) is 62.5 Å². The smallest absolute Gasteiger partial charge is 0.259 e. The summed E-state index contributed by atoms with van der Waals surface area (Å²) >= 11 is 6.86. The van der Waals surface area contributed by atoms with Gasteiger partial charge in [0.1, 0.15) is 0 Å². The van der Waals surface area contributed by atoms with Crippen LogP contribution in [-0.4, -0.2) is 12.5 Å². The van der Waals surface area contributed by atoms with Crippen molar-refractivity contribution in [2.75, 3.05) is 11.4 Å². The Kier molecular flexibility index (Phi) is 5.00. The first-order valence-corrected chi connectivity index (χ1v) is 7.95. The van der Waals surface area contributed by atoms with Crippen molar-refractivity contribution >= 4 is 43.5 Å². The van der Waals surface area contributed by atoms with Crippen molar-refractivity contribution < 1.29 is 4.79 Å². The monoisotopic (exact) mass is 395 g/mol. The Morgan fingerprint density at radius 1 is 1.15 bits per heavy atom. The van der Waals surface area contributed by atoms with Crippen molar-refractivity contribution in [3.63, 3.8) is 0 Å². The highest BCUT2D eigenvalue weighted by Crippen LogP contribution is 2.26. The Hall–Kier alpha value is -1.13. The van der Waals surface area contributed by atoms with E-state index in [0.717, 1.165) is 20.2 Å². The summed E-state index contributed by atoms with van der Waals surface area (Å²) in [5.41, 5.74) is 2.71. The summed E-state index contributed by atoms with van der Waals surface area (Å²) in [5.74, 6) is 0.00109. The number of carbonyl (C=O) groups excluding carboxylic acids is 1. The van der Waals surface area contributed by atoms with Crippen LogP contribution in [0.5, 0.6) is 0 Å². The Morgan fingerprint density at radius 3 is 2.45 bits per heavy atom. The average Bonchev–Trinajstić information content (AvgIpc) is 2.41. The normalized spacial score (nSPS) is 10.4. The van der Waals surface area contributed by atoms with E-state index in [0.29, 0.717) is 12.1 Å². The van der Waals surface area contributed by atoms with E-state index in [2.05, 4.69) is 31.9 Å². The summed E-state index contributed by atoms with van der Waals surface area (Å²) in [6.45, 7) is 4.63. The highest BCUT2D eigenvalue weighted by atomic mass is 79.9. The molecule has 4 heteroatoms. The maximum absolute atomic E-state index is 12.7. The number of carbonyl (C=O) groups is 1. The van der Waals surface area contributed by atoms with Gasteiger partial charge in [0.2, 0.25) is 0 Å². The van der Waals surface area contributed by atoms with Gasteiger partial charge in [0.05, 0.1) is 5.56 Å². The van der Waals surface area contributed by atoms with Gasteiger partial charge in [0.25, 0.3) is 5.91 Å². The van der Waals surface area contributed by atoms with E-state index in [1.165, 1.54) is 0 Å². The van der Waals surface area contributed by atoms with Crippen LogP contribution in [-0.2, 0) is 0 Å². The first-order valence-electron chi connectivity index (χ1n) is 6.37. The Balaban J connectivity index is 2.42. The fourth-order valence-corrected chi connectivity index (χ4v) is 3.31. The van der Waals surface area contributed by atoms with Gasteiger partial charge in [-0.15, -0.1) is 0 Å². The molecule has 0 aliphatic heterocycles. The number of nitrogens with zero attached hydrogens (tertiary/aromatic N) is 1. The Bertz CT molecular complexity index is 640. The second-order valence-electron chi connectivity index (χ2n) is 4.46. The molecule has 0 bridgehead atoms. The van der Waals surface area contributed by atoms with Crippen LogP contribution in [0.3, 0.4) is 0 Å². The van der Waals surface area contributed by atoms with Crippen molar-refractivity contribution in [1.29, 1.82) is 0 Å². The molecule has 0 heterocycles. The largest absolute Gasteiger partial charge is 0.308 e. The lowest BCUT2D eigenvalue weighted by Gasteiger charge is -2.23. The van der Waals surface area contributed by atoms with Crippen molar-refractivity contribution in [2.45, 2.75) is 13.8 Å². The SMILES string of the molecule is CCN(C(=O)c1ccc(Br)cc1Br)c1ccccc1C. The number of amides is 1. The lowest BCUT2D eigenvalue weighted by molar-refractivity contribution is 0.0987. The van der Waals surface area contributed by atoms with Crippen molar-refractivity contribution in [1.82, 2.24) is 0 Å². The summed E-state index contributed by atoms with van der Waals surface area (Å²) in [6, 6.07) is 13.5. The number of halogens is 2. The number of benzene rings is 2. The summed E-state index contributed by atoms with van der Waals surface area (Å²) in [6.07, 6.45) is 0. The van der Waals surface area contributed by atoms with Crippen LogP contribution in [0.1, 0.15) is 22.8 Å². The van der Waals surface area contributed by atoms with E-state index < -0.39 is 0 Å². The van der Waals surface area contributed by atoms with Gasteiger partial charge in [-0.05, 0) is 59.6 Å². The maximum Gasteiger partial charge on any atom is 0.259 e. The van der Waals surface area contributed by atoms with Gasteiger partial charge in [0.15, 0.2) is 0 Å². The van der Waals surface area contributed by atoms with Crippen LogP contribution in [0, 0.1) is 6.92 Å². The predicted octanol–water partition coefficient (Wildman–Crippen LogP) is 5.19. The molecule has 0 N–H and O–H groups in total. The molecule has 0 saturated heterocycles. The van der Waals surface area contributed by atoms with Gasteiger partial charge in [-0.3, -0.25) is 4.79 Å². The highest BCUT2D eigenvalue weighted by molar-refractivity contribution is 9.11. The molecule has 2 nitrogen and oxygen atoms in total. The van der Waals surface area contributed by atoms with E-state index >= 15 is 0 Å². The van der Waals surface area contributed by atoms with Crippen LogP contribution < -0.4 is 4.90 Å². The third-order valence-corrected chi connectivity index (χ3v) is 4.28. The predicted molar refractivity (Wildman–Crippen MR) is 90.4 cm³/mol. The standard InChI is InChI=1S/C16H15Br2NO/c1-3-19(15-7-5-4-6-11(15)2)16(20)13-9-8-12(17)10-14(13)18/h4-10H,3H2,1-2H3. The summed E-state index contributed by atoms with van der Waals surface area (Å²) in [7, 11) is 0. The number of hydrogen-bond acceptors (Lipinski definition) is 1. The van der Waals surface area contributed by atoms with E-state index in [1.807, 2.05) is 56.3 Å². The quantitative estimate of drug-likeness (QED) is 0.699. The van der Waals surface area contributed by atoms with Gasteiger partial charge in [-0.2, -0.15) is 0 Å². The first kappa shape index (κ1) is 15.3. The molecule has 0 radical (unpaired) electrons. The molecule has 0 fully saturated rings. The summed E-state index contributed by atoms with van der Waals surface area (Å²) in [5, 5.41) is 0. The minimum absolute atomic E-state index is 0.00109. The zero-order valence-corrected chi connectivity index (χ0v) is 14.5. The molecule has 1 amide bonds. The van der Waals surface area contributed by atoms with Crippen molar-refractivity contribution in [2.24, 2.45) is 0 Å². The van der Waals surface area contributed by atoms with Gasteiger partial charge in [-0.1, -0.05) is 34.1 Å². The maximum atomic E-state index is 12.7. The molecule has 20 heavy (non-hydrogen) atoms. The van der Waals surface area contributed by atoms with E-state index in [1.54, 1.807) is 4.90 Å². The second-order valence-corrected chi connectivity index (χ2v) is 6.23. The lowest BCUT2D eigenvalue weighted by Crippen LogP contribution is -2.31. The minimum Gasteiger partial charge on any atom is -0.308 e. The molecule has 104 valence electrons. The minimum atomic E-state index is 0.00109. The van der Waals surface area contributed by atoms with Crippen LogP contribution in [0.4, 0.5) is 5.69 Å². The molecular weight excluding hydrogens is 382 g/mol. The molecule has 0 aromatic heterocycles. The lowest BCUT2D eigenvalue weighted by atomic mass is 10.1. The molecule has 2 aromatic carbocycles. The molecule has 2 rings (SSSR count). The number of hydrogen-bond donors (Lipinski definition) is 0. The number of rotatable bonds is 3. The fourth-order valence-electron chi connectivity index (χ4n) is 2.10. The Labute approximate surface area is 136 Å². The van der Waals surface area contributed by atoms with E-state index in [-0.39, 0.29) is 5.91 Å². The number of aryl methyl sites for hydroxylation is 1. The third-order valence-electron chi connectivity index (χ3n) is 3.13. The molecular formula is C16H15Br2NO. The number of para-hydroxylation sites is 1. The zero-order valence-electron chi connectivity index (χ0n) is 11.4. The van der Waals surface area contributed by atoms with Crippen LogP contribution in [0.25, 0.3) is 0 Å². The molecule has 0 spiro atoms. The Morgan fingerprint density at radius 2 is 1.85 bits per heavy atom. The van der Waals surface area contributed by atoms with Gasteiger partial charge < -0.3 is 4.90 Å². The van der Waals surface area contributed by atoms with Gasteiger partial charge in [-0.25, -0.2) is 0 Å². The summed E-state index contributed by atoms with van der Waals surface area (Å²) < 4.78 is 1.74. The molecule has 0 aliphatic rings. The van der Waals surface area contributed by atoms with Gasteiger partial charge in [0, 0.05) is 21.2 Å². The number of anilines is 1. The molecule has 0 saturated carbocycles. The van der Waals surface area contributed by atoms with Crippen LogP contribution in [0.15, 0.2) is 51.4 Å². The summed E-state index contributed by atoms with van der Waals surface area (Å²) in [4.78, 5) is 14.5. The van der Waals surface area contributed by atoms with Gasteiger partial charge >= 0.3 is 0 Å². The second kappa shape index (κ2) is 6.55.